The molecule has 1 aromatic heterocycles. The van der Waals surface area contributed by atoms with Gasteiger partial charge in [-0.1, -0.05) is 42.0 Å². The van der Waals surface area contributed by atoms with Crippen LogP contribution in [-0.2, 0) is 16.6 Å². The number of rotatable bonds is 5. The molecule has 0 aliphatic carbocycles. The number of aryl methyl sites for hydroxylation is 1. The van der Waals surface area contributed by atoms with Crippen molar-refractivity contribution in [2.45, 2.75) is 17.7 Å². The fourth-order valence-electron chi connectivity index (χ4n) is 1.78. The van der Waals surface area contributed by atoms with Crippen molar-refractivity contribution < 1.29 is 8.42 Å². The van der Waals surface area contributed by atoms with Crippen molar-refractivity contribution in [2.24, 2.45) is 5.73 Å². The number of nitrogens with zero attached hydrogens (tertiary/aromatic N) is 1. The molecule has 1 aromatic carbocycles. The molecule has 0 bridgehead atoms. The van der Waals surface area contributed by atoms with Crippen LogP contribution in [0, 0.1) is 6.92 Å². The first-order valence-electron chi connectivity index (χ1n) is 6.22. The Morgan fingerprint density at radius 1 is 1.24 bits per heavy atom. The summed E-state index contributed by atoms with van der Waals surface area (Å²) in [6.07, 6.45) is 0. The first-order chi connectivity index (χ1) is 9.80. The van der Waals surface area contributed by atoms with E-state index in [1.807, 2.05) is 31.2 Å². The van der Waals surface area contributed by atoms with E-state index >= 15 is 0 Å². The highest BCUT2D eigenvalue weighted by molar-refractivity contribution is 7.91. The third kappa shape index (κ3) is 3.68. The first-order valence-corrected chi connectivity index (χ1v) is 8.88. The van der Waals surface area contributed by atoms with Gasteiger partial charge in [0, 0.05) is 13.6 Å². The van der Waals surface area contributed by atoms with Gasteiger partial charge in [0.15, 0.2) is 0 Å². The second-order valence-electron chi connectivity index (χ2n) is 4.73. The van der Waals surface area contributed by atoms with Gasteiger partial charge in [-0.05, 0) is 24.6 Å². The van der Waals surface area contributed by atoms with Crippen LogP contribution in [0.5, 0.6) is 0 Å². The average molecular weight is 340 g/mol. The van der Waals surface area contributed by atoms with Crippen LogP contribution >= 0.6 is 23.6 Å². The SMILES string of the molecule is Cc1ccc(CN(C)S(=O)(=O)c2ccc(C(N)=S)s2)cc1. The summed E-state index contributed by atoms with van der Waals surface area (Å²) < 4.78 is 26.6. The summed E-state index contributed by atoms with van der Waals surface area (Å²) >= 11 is 5.95. The Balaban J connectivity index is 2.21. The molecule has 2 N–H and O–H groups in total. The Hall–Kier alpha value is -1.28. The Morgan fingerprint density at radius 2 is 1.86 bits per heavy atom. The number of thiophene rings is 1. The third-order valence-corrected chi connectivity index (χ3v) is 6.75. The van der Waals surface area contributed by atoms with Crippen molar-refractivity contribution in [3.8, 4) is 0 Å². The van der Waals surface area contributed by atoms with Crippen LogP contribution in [-0.4, -0.2) is 24.8 Å². The number of thiocarbonyl (C=S) groups is 1. The zero-order valence-corrected chi connectivity index (χ0v) is 14.2. The summed E-state index contributed by atoms with van der Waals surface area (Å²) in [5.41, 5.74) is 7.60. The summed E-state index contributed by atoms with van der Waals surface area (Å²) in [4.78, 5) is 0.815. The maximum atomic E-state index is 12.5. The summed E-state index contributed by atoms with van der Waals surface area (Å²) in [7, 11) is -1.96. The Morgan fingerprint density at radius 3 is 2.38 bits per heavy atom. The van der Waals surface area contributed by atoms with Crippen molar-refractivity contribution in [1.82, 2.24) is 4.31 Å². The highest BCUT2D eigenvalue weighted by Crippen LogP contribution is 2.25. The molecule has 0 saturated heterocycles. The second kappa shape index (κ2) is 6.23. The molecule has 0 spiro atoms. The molecular formula is C14H16N2O2S3. The Kier molecular flexibility index (Phi) is 4.77. The minimum absolute atomic E-state index is 0.211. The van der Waals surface area contributed by atoms with Crippen LogP contribution in [0.2, 0.25) is 0 Å². The molecule has 0 amide bonds. The predicted molar refractivity (Wildman–Crippen MR) is 90.0 cm³/mol. The zero-order chi connectivity index (χ0) is 15.6. The molecule has 0 atom stereocenters. The van der Waals surface area contributed by atoms with Crippen molar-refractivity contribution in [3.63, 3.8) is 0 Å². The van der Waals surface area contributed by atoms with Crippen LogP contribution in [0.3, 0.4) is 0 Å². The largest absolute Gasteiger partial charge is 0.389 e. The molecule has 1 heterocycles. The standard InChI is InChI=1S/C14H16N2O2S3/c1-10-3-5-11(6-4-10)9-16(2)21(17,18)13-8-7-12(20-13)14(15)19/h3-8H,9H2,1-2H3,(H2,15,19). The molecule has 7 heteroatoms. The van der Waals surface area contributed by atoms with E-state index in [4.69, 9.17) is 18.0 Å². The van der Waals surface area contributed by atoms with Crippen LogP contribution in [0.1, 0.15) is 16.0 Å². The van der Waals surface area contributed by atoms with E-state index in [1.54, 1.807) is 19.2 Å². The van der Waals surface area contributed by atoms with Crippen molar-refractivity contribution in [1.29, 1.82) is 0 Å². The van der Waals surface area contributed by atoms with E-state index in [0.717, 1.165) is 22.5 Å². The van der Waals surface area contributed by atoms with Gasteiger partial charge in [-0.25, -0.2) is 8.42 Å². The van der Waals surface area contributed by atoms with Gasteiger partial charge in [0.25, 0.3) is 10.0 Å². The van der Waals surface area contributed by atoms with E-state index < -0.39 is 10.0 Å². The fourth-order valence-corrected chi connectivity index (χ4v) is 4.50. The molecule has 0 aliphatic rings. The lowest BCUT2D eigenvalue weighted by atomic mass is 10.1. The molecule has 0 fully saturated rings. The molecule has 2 rings (SSSR count). The van der Waals surface area contributed by atoms with Crippen LogP contribution in [0.25, 0.3) is 0 Å². The van der Waals surface area contributed by atoms with Gasteiger partial charge >= 0.3 is 0 Å². The van der Waals surface area contributed by atoms with Gasteiger partial charge in [-0.15, -0.1) is 11.3 Å². The lowest BCUT2D eigenvalue weighted by molar-refractivity contribution is 0.468. The molecule has 0 radical (unpaired) electrons. The summed E-state index contributed by atoms with van der Waals surface area (Å²) in [6.45, 7) is 2.32. The monoisotopic (exact) mass is 340 g/mol. The van der Waals surface area contributed by atoms with E-state index in [-0.39, 0.29) is 9.20 Å². The quantitative estimate of drug-likeness (QED) is 0.850. The van der Waals surface area contributed by atoms with Gasteiger partial charge < -0.3 is 5.73 Å². The summed E-state index contributed by atoms with van der Waals surface area (Å²) in [6, 6.07) is 11.0. The van der Waals surface area contributed by atoms with Crippen LogP contribution in [0.4, 0.5) is 0 Å². The fraction of sp³-hybridized carbons (Fsp3) is 0.214. The smallest absolute Gasteiger partial charge is 0.252 e. The highest BCUT2D eigenvalue weighted by Gasteiger charge is 2.23. The molecular weight excluding hydrogens is 324 g/mol. The van der Waals surface area contributed by atoms with Gasteiger partial charge in [-0.3, -0.25) is 0 Å². The number of benzene rings is 1. The van der Waals surface area contributed by atoms with E-state index in [2.05, 4.69) is 0 Å². The maximum Gasteiger partial charge on any atom is 0.252 e. The normalized spacial score (nSPS) is 11.8. The Labute approximate surface area is 134 Å². The molecule has 2 aromatic rings. The van der Waals surface area contributed by atoms with Crippen molar-refractivity contribution in [3.05, 3.63) is 52.4 Å². The van der Waals surface area contributed by atoms with Gasteiger partial charge in [0.2, 0.25) is 0 Å². The summed E-state index contributed by atoms with van der Waals surface area (Å²) in [5, 5.41) is 0. The van der Waals surface area contributed by atoms with Gasteiger partial charge in [-0.2, -0.15) is 4.31 Å². The molecule has 21 heavy (non-hydrogen) atoms. The molecule has 0 saturated carbocycles. The Bertz CT molecular complexity index is 749. The number of hydrogen-bond acceptors (Lipinski definition) is 4. The maximum absolute atomic E-state index is 12.5. The van der Waals surface area contributed by atoms with Crippen LogP contribution < -0.4 is 5.73 Å². The summed E-state index contributed by atoms with van der Waals surface area (Å²) in [5.74, 6) is 0. The van der Waals surface area contributed by atoms with Gasteiger partial charge in [0.05, 0.1) is 4.88 Å². The molecule has 0 unspecified atom stereocenters. The lowest BCUT2D eigenvalue weighted by Gasteiger charge is -2.16. The van der Waals surface area contributed by atoms with Gasteiger partial charge in [0.1, 0.15) is 9.20 Å². The van der Waals surface area contributed by atoms with Crippen molar-refractivity contribution >= 4 is 38.6 Å². The highest BCUT2D eigenvalue weighted by atomic mass is 32.2. The second-order valence-corrected chi connectivity index (χ2v) is 8.52. The number of hydrogen-bond donors (Lipinski definition) is 1. The lowest BCUT2D eigenvalue weighted by Crippen LogP contribution is -2.25. The molecule has 0 aliphatic heterocycles. The van der Waals surface area contributed by atoms with Crippen LogP contribution in [0.15, 0.2) is 40.6 Å². The van der Waals surface area contributed by atoms with E-state index in [0.29, 0.717) is 11.4 Å². The van der Waals surface area contributed by atoms with E-state index in [1.165, 1.54) is 4.31 Å². The zero-order valence-electron chi connectivity index (χ0n) is 11.7. The predicted octanol–water partition coefficient (Wildman–Crippen LogP) is 2.51. The first kappa shape index (κ1) is 16.1. The molecule has 4 nitrogen and oxygen atoms in total. The minimum atomic E-state index is -3.52. The van der Waals surface area contributed by atoms with E-state index in [9.17, 15) is 8.42 Å². The molecule has 112 valence electrons. The number of nitrogens with two attached hydrogens (primary N) is 1. The minimum Gasteiger partial charge on any atom is -0.389 e. The van der Waals surface area contributed by atoms with Crippen molar-refractivity contribution in [2.75, 3.05) is 7.05 Å². The third-order valence-electron chi connectivity index (χ3n) is 3.01. The topological polar surface area (TPSA) is 63.4 Å². The number of sulfonamides is 1. The average Bonchev–Trinajstić information content (AvgIpc) is 2.91.